The van der Waals surface area contributed by atoms with Gasteiger partial charge in [0.25, 0.3) is 11.8 Å². The molecule has 2 aromatic carbocycles. The summed E-state index contributed by atoms with van der Waals surface area (Å²) in [5, 5.41) is 2.91. The average molecular weight is 416 g/mol. The van der Waals surface area contributed by atoms with Crippen LogP contribution in [0.5, 0.6) is 0 Å². The number of carbonyl (C=O) groups is 2. The number of hydrogen-bond acceptors (Lipinski definition) is 5. The van der Waals surface area contributed by atoms with Gasteiger partial charge in [0, 0.05) is 37.3 Å². The van der Waals surface area contributed by atoms with E-state index in [4.69, 9.17) is 0 Å². The monoisotopic (exact) mass is 416 g/mol. The van der Waals surface area contributed by atoms with Crippen molar-refractivity contribution in [1.29, 1.82) is 0 Å². The quantitative estimate of drug-likeness (QED) is 0.712. The molecule has 1 aliphatic rings. The molecule has 150 valence electrons. The van der Waals surface area contributed by atoms with Crippen LogP contribution in [-0.2, 0) is 0 Å². The highest BCUT2D eigenvalue weighted by Crippen LogP contribution is 2.28. The third-order valence-electron chi connectivity index (χ3n) is 4.83. The predicted molar refractivity (Wildman–Crippen MR) is 107 cm³/mol. The number of amides is 2. The molecule has 0 radical (unpaired) electrons. The molecule has 1 fully saturated rings. The average Bonchev–Trinajstić information content (AvgIpc) is 3.11. The summed E-state index contributed by atoms with van der Waals surface area (Å²) in [4.78, 5) is 33.3. The smallest absolute Gasteiger partial charge is 0.257 e. The summed E-state index contributed by atoms with van der Waals surface area (Å²) in [5.74, 6) is -2.72. The number of halogens is 2. The highest BCUT2D eigenvalue weighted by molar-refractivity contribution is 7.22. The summed E-state index contributed by atoms with van der Waals surface area (Å²) < 4.78 is 27.1. The van der Waals surface area contributed by atoms with Gasteiger partial charge in [0.1, 0.15) is 0 Å². The van der Waals surface area contributed by atoms with E-state index in [1.54, 1.807) is 18.2 Å². The Labute approximate surface area is 169 Å². The van der Waals surface area contributed by atoms with Crippen LogP contribution in [0, 0.1) is 11.6 Å². The summed E-state index contributed by atoms with van der Waals surface area (Å²) in [5.41, 5.74) is 1.21. The summed E-state index contributed by atoms with van der Waals surface area (Å²) in [6, 6.07) is 8.17. The Balaban J connectivity index is 1.51. The molecule has 1 aromatic heterocycles. The topological polar surface area (TPSA) is 65.5 Å². The van der Waals surface area contributed by atoms with Gasteiger partial charge in [-0.05, 0) is 43.4 Å². The lowest BCUT2D eigenvalue weighted by atomic mass is 10.1. The van der Waals surface area contributed by atoms with E-state index in [-0.39, 0.29) is 11.5 Å². The number of nitrogens with zero attached hydrogens (tertiary/aromatic N) is 3. The summed E-state index contributed by atoms with van der Waals surface area (Å²) >= 11 is 1.22. The van der Waals surface area contributed by atoms with Crippen molar-refractivity contribution in [3.05, 3.63) is 59.2 Å². The lowest BCUT2D eigenvalue weighted by Gasteiger charge is -2.32. The van der Waals surface area contributed by atoms with E-state index in [0.29, 0.717) is 29.3 Å². The molecule has 4 rings (SSSR count). The second kappa shape index (κ2) is 7.84. The van der Waals surface area contributed by atoms with Gasteiger partial charge in [0.15, 0.2) is 16.8 Å². The van der Waals surface area contributed by atoms with E-state index in [9.17, 15) is 18.4 Å². The predicted octanol–water partition coefficient (Wildman–Crippen LogP) is 3.21. The molecule has 0 aliphatic carbocycles. The van der Waals surface area contributed by atoms with E-state index >= 15 is 0 Å². The van der Waals surface area contributed by atoms with E-state index in [1.165, 1.54) is 17.4 Å². The summed E-state index contributed by atoms with van der Waals surface area (Å²) in [6.07, 6.45) is 0. The number of carbonyl (C=O) groups excluding carboxylic acids is 2. The Kier molecular flexibility index (Phi) is 5.25. The second-order valence-corrected chi connectivity index (χ2v) is 7.91. The zero-order chi connectivity index (χ0) is 20.5. The van der Waals surface area contributed by atoms with Crippen molar-refractivity contribution in [2.45, 2.75) is 0 Å². The molecule has 0 unspecified atom stereocenters. The van der Waals surface area contributed by atoms with Crippen molar-refractivity contribution in [3.8, 4) is 0 Å². The molecule has 29 heavy (non-hydrogen) atoms. The SMILES string of the molecule is CN1CCN(C(=O)c2ccc3nc(NC(=O)c4ccc(F)c(F)c4)sc3c2)CC1. The molecule has 9 heteroatoms. The highest BCUT2D eigenvalue weighted by atomic mass is 32.1. The van der Waals surface area contributed by atoms with E-state index in [0.717, 1.165) is 29.9 Å². The largest absolute Gasteiger partial charge is 0.336 e. The fourth-order valence-electron chi connectivity index (χ4n) is 3.11. The lowest BCUT2D eigenvalue weighted by Crippen LogP contribution is -2.47. The first-order valence-electron chi connectivity index (χ1n) is 9.05. The van der Waals surface area contributed by atoms with Crippen molar-refractivity contribution in [2.75, 3.05) is 38.5 Å². The molecule has 1 saturated heterocycles. The Morgan fingerprint density at radius 3 is 2.45 bits per heavy atom. The number of nitrogens with one attached hydrogen (secondary N) is 1. The van der Waals surface area contributed by atoms with Gasteiger partial charge in [-0.1, -0.05) is 11.3 Å². The van der Waals surface area contributed by atoms with Crippen LogP contribution >= 0.6 is 11.3 Å². The Hall–Kier alpha value is -2.91. The molecular formula is C20H18F2N4O2S. The van der Waals surface area contributed by atoms with Crippen LogP contribution in [-0.4, -0.2) is 59.8 Å². The number of benzene rings is 2. The molecule has 0 saturated carbocycles. The summed E-state index contributed by atoms with van der Waals surface area (Å²) in [7, 11) is 2.03. The number of rotatable bonds is 3. The molecule has 0 atom stereocenters. The zero-order valence-electron chi connectivity index (χ0n) is 15.6. The Bertz CT molecular complexity index is 1090. The van der Waals surface area contributed by atoms with Crippen molar-refractivity contribution in [2.24, 2.45) is 0 Å². The molecule has 1 aliphatic heterocycles. The van der Waals surface area contributed by atoms with Gasteiger partial charge in [0.2, 0.25) is 0 Å². The van der Waals surface area contributed by atoms with Gasteiger partial charge in [-0.3, -0.25) is 14.9 Å². The van der Waals surface area contributed by atoms with E-state index in [2.05, 4.69) is 15.2 Å². The minimum atomic E-state index is -1.09. The minimum Gasteiger partial charge on any atom is -0.336 e. The molecule has 1 N–H and O–H groups in total. The van der Waals surface area contributed by atoms with Gasteiger partial charge in [-0.15, -0.1) is 0 Å². The molecule has 0 spiro atoms. The first-order chi connectivity index (χ1) is 13.9. The van der Waals surface area contributed by atoms with Crippen molar-refractivity contribution >= 4 is 38.5 Å². The van der Waals surface area contributed by atoms with Gasteiger partial charge in [-0.2, -0.15) is 0 Å². The fraction of sp³-hybridized carbons (Fsp3) is 0.250. The van der Waals surface area contributed by atoms with E-state index in [1.807, 2.05) is 11.9 Å². The third kappa shape index (κ3) is 4.10. The fourth-order valence-corrected chi connectivity index (χ4v) is 4.01. The van der Waals surface area contributed by atoms with Gasteiger partial charge in [-0.25, -0.2) is 13.8 Å². The van der Waals surface area contributed by atoms with Crippen LogP contribution in [0.3, 0.4) is 0 Å². The Morgan fingerprint density at radius 2 is 1.72 bits per heavy atom. The number of thiazole rings is 1. The molecular weight excluding hydrogens is 398 g/mol. The lowest BCUT2D eigenvalue weighted by molar-refractivity contribution is 0.0664. The first kappa shape index (κ1) is 19.4. The number of aromatic nitrogens is 1. The van der Waals surface area contributed by atoms with Crippen LogP contribution in [0.15, 0.2) is 36.4 Å². The number of hydrogen-bond donors (Lipinski definition) is 1. The van der Waals surface area contributed by atoms with Gasteiger partial charge < -0.3 is 9.80 Å². The maximum atomic E-state index is 13.3. The molecule has 2 amide bonds. The number of piperazine rings is 1. The van der Waals surface area contributed by atoms with Crippen molar-refractivity contribution < 1.29 is 18.4 Å². The van der Waals surface area contributed by atoms with Crippen LogP contribution in [0.25, 0.3) is 10.2 Å². The van der Waals surface area contributed by atoms with Gasteiger partial charge >= 0.3 is 0 Å². The summed E-state index contributed by atoms with van der Waals surface area (Å²) in [6.45, 7) is 3.06. The van der Waals surface area contributed by atoms with Crippen LogP contribution in [0.1, 0.15) is 20.7 Å². The third-order valence-corrected chi connectivity index (χ3v) is 5.76. The minimum absolute atomic E-state index is 0.00547. The normalized spacial score (nSPS) is 14.9. The highest BCUT2D eigenvalue weighted by Gasteiger charge is 2.21. The molecule has 3 aromatic rings. The molecule has 0 bridgehead atoms. The molecule has 2 heterocycles. The zero-order valence-corrected chi connectivity index (χ0v) is 16.4. The van der Waals surface area contributed by atoms with Crippen LogP contribution in [0.2, 0.25) is 0 Å². The molecule has 6 nitrogen and oxygen atoms in total. The number of fused-ring (bicyclic) bond motifs is 1. The Morgan fingerprint density at radius 1 is 1.00 bits per heavy atom. The van der Waals surface area contributed by atoms with Gasteiger partial charge in [0.05, 0.1) is 10.2 Å². The maximum Gasteiger partial charge on any atom is 0.257 e. The van der Waals surface area contributed by atoms with Crippen LogP contribution < -0.4 is 5.32 Å². The maximum absolute atomic E-state index is 13.3. The second-order valence-electron chi connectivity index (χ2n) is 6.88. The van der Waals surface area contributed by atoms with E-state index < -0.39 is 17.5 Å². The van der Waals surface area contributed by atoms with Crippen molar-refractivity contribution in [3.63, 3.8) is 0 Å². The van der Waals surface area contributed by atoms with Crippen molar-refractivity contribution in [1.82, 2.24) is 14.8 Å². The number of anilines is 1. The standard InChI is InChI=1S/C20H18F2N4O2S/c1-25-6-8-26(9-7-25)19(28)13-3-5-16-17(11-13)29-20(23-16)24-18(27)12-2-4-14(21)15(22)10-12/h2-5,10-11H,6-9H2,1H3,(H,23,24,27). The van der Waals surface area contributed by atoms with Crippen LogP contribution in [0.4, 0.5) is 13.9 Å². The first-order valence-corrected chi connectivity index (χ1v) is 9.87. The number of likely N-dealkylation sites (N-methyl/N-ethyl adjacent to an activating group) is 1.